The van der Waals surface area contributed by atoms with Gasteiger partial charge in [0.05, 0.1) is 38.8 Å². The number of hydrogen-bond acceptors (Lipinski definition) is 6. The van der Waals surface area contributed by atoms with Gasteiger partial charge in [0.2, 0.25) is 15.9 Å². The van der Waals surface area contributed by atoms with E-state index in [0.29, 0.717) is 30.0 Å². The van der Waals surface area contributed by atoms with Crippen LogP contribution in [-0.4, -0.2) is 61.6 Å². The van der Waals surface area contributed by atoms with E-state index in [9.17, 15) is 17.6 Å². The maximum absolute atomic E-state index is 14.4. The highest BCUT2D eigenvalue weighted by Crippen LogP contribution is 2.28. The number of ether oxygens (including phenoxy) is 2. The second-order valence-electron chi connectivity index (χ2n) is 7.71. The highest BCUT2D eigenvalue weighted by Gasteiger charge is 2.29. The Labute approximate surface area is 197 Å². The normalized spacial score (nSPS) is 14.6. The van der Waals surface area contributed by atoms with E-state index in [1.165, 1.54) is 29.9 Å². The summed E-state index contributed by atoms with van der Waals surface area (Å²) >= 11 is 0. The van der Waals surface area contributed by atoms with Gasteiger partial charge in [0.25, 0.3) is 0 Å². The minimum absolute atomic E-state index is 0.0133. The molecule has 180 valence electrons. The lowest BCUT2D eigenvalue weighted by molar-refractivity contribution is -0.120. The van der Waals surface area contributed by atoms with E-state index >= 15 is 0 Å². The van der Waals surface area contributed by atoms with Crippen LogP contribution in [-0.2, 0) is 32.5 Å². The van der Waals surface area contributed by atoms with Crippen molar-refractivity contribution in [3.05, 3.63) is 72.1 Å². The van der Waals surface area contributed by atoms with Crippen molar-refractivity contribution < 1.29 is 27.1 Å². The van der Waals surface area contributed by atoms with E-state index in [2.05, 4.69) is 10.3 Å². The summed E-state index contributed by atoms with van der Waals surface area (Å²) in [6.45, 7) is 1.30. The van der Waals surface area contributed by atoms with Gasteiger partial charge in [-0.25, -0.2) is 17.8 Å². The smallest absolute Gasteiger partial charge is 0.246 e. The SMILES string of the molecule is COc1ccc(CC(=O)NCc2ccc(-n3ccnc3)c(F)c2)cc1S(=O)(=O)N1CCOCC1. The van der Waals surface area contributed by atoms with Crippen LogP contribution in [0.15, 0.2) is 60.0 Å². The monoisotopic (exact) mass is 488 g/mol. The Morgan fingerprint density at radius 1 is 1.18 bits per heavy atom. The van der Waals surface area contributed by atoms with Gasteiger partial charge in [0.15, 0.2) is 0 Å². The molecule has 4 rings (SSSR count). The van der Waals surface area contributed by atoms with E-state index in [-0.39, 0.29) is 42.6 Å². The van der Waals surface area contributed by atoms with E-state index in [1.807, 2.05) is 0 Å². The number of hydrogen-bond donors (Lipinski definition) is 1. The molecule has 1 aliphatic rings. The third kappa shape index (κ3) is 5.27. The topological polar surface area (TPSA) is 103 Å². The van der Waals surface area contributed by atoms with Crippen molar-refractivity contribution in [2.24, 2.45) is 0 Å². The number of carbonyl (C=O) groups is 1. The summed E-state index contributed by atoms with van der Waals surface area (Å²) in [5.41, 5.74) is 1.48. The molecule has 0 unspecified atom stereocenters. The first-order valence-electron chi connectivity index (χ1n) is 10.7. The van der Waals surface area contributed by atoms with Gasteiger partial charge in [-0.05, 0) is 35.4 Å². The molecular weight excluding hydrogens is 463 g/mol. The van der Waals surface area contributed by atoms with Crippen molar-refractivity contribution in [2.45, 2.75) is 17.9 Å². The summed E-state index contributed by atoms with van der Waals surface area (Å²) in [5, 5.41) is 2.75. The van der Waals surface area contributed by atoms with Crippen LogP contribution < -0.4 is 10.1 Å². The minimum Gasteiger partial charge on any atom is -0.495 e. The number of aromatic nitrogens is 2. The fourth-order valence-electron chi connectivity index (χ4n) is 3.68. The second-order valence-corrected chi connectivity index (χ2v) is 9.62. The molecule has 1 aromatic heterocycles. The van der Waals surface area contributed by atoms with Crippen LogP contribution in [0, 0.1) is 5.82 Å². The number of imidazole rings is 1. The van der Waals surface area contributed by atoms with E-state index in [4.69, 9.17) is 9.47 Å². The van der Waals surface area contributed by atoms with Gasteiger partial charge in [-0.2, -0.15) is 4.31 Å². The number of carbonyl (C=O) groups excluding carboxylic acids is 1. The number of morpholine rings is 1. The molecule has 1 fully saturated rings. The number of nitrogens with one attached hydrogen (secondary N) is 1. The Hall–Kier alpha value is -3.28. The molecule has 34 heavy (non-hydrogen) atoms. The number of halogens is 1. The maximum Gasteiger partial charge on any atom is 0.246 e. The van der Waals surface area contributed by atoms with Crippen molar-refractivity contribution in [1.82, 2.24) is 19.2 Å². The van der Waals surface area contributed by atoms with Crippen LogP contribution in [0.4, 0.5) is 4.39 Å². The van der Waals surface area contributed by atoms with Crippen molar-refractivity contribution >= 4 is 15.9 Å². The van der Waals surface area contributed by atoms with Gasteiger partial charge in [-0.1, -0.05) is 12.1 Å². The first-order chi connectivity index (χ1) is 16.4. The average Bonchev–Trinajstić information content (AvgIpc) is 3.38. The lowest BCUT2D eigenvalue weighted by atomic mass is 10.1. The fraction of sp³-hybridized carbons (Fsp3) is 0.304. The first kappa shape index (κ1) is 23.9. The first-order valence-corrected chi connectivity index (χ1v) is 12.1. The zero-order chi connectivity index (χ0) is 24.1. The number of nitrogens with zero attached hydrogens (tertiary/aromatic N) is 3. The molecule has 0 atom stereocenters. The average molecular weight is 489 g/mol. The van der Waals surface area contributed by atoms with Gasteiger partial charge in [-0.3, -0.25) is 4.79 Å². The van der Waals surface area contributed by atoms with Crippen LogP contribution in [0.2, 0.25) is 0 Å². The van der Waals surface area contributed by atoms with Crippen LogP contribution in [0.5, 0.6) is 5.75 Å². The zero-order valence-electron chi connectivity index (χ0n) is 18.6. The summed E-state index contributed by atoms with van der Waals surface area (Å²) < 4.78 is 54.0. The summed E-state index contributed by atoms with van der Waals surface area (Å²) in [7, 11) is -2.40. The van der Waals surface area contributed by atoms with E-state index in [0.717, 1.165) is 0 Å². The largest absolute Gasteiger partial charge is 0.495 e. The Morgan fingerprint density at radius 2 is 1.94 bits per heavy atom. The van der Waals surface area contributed by atoms with Gasteiger partial charge in [0, 0.05) is 32.0 Å². The third-order valence-corrected chi connectivity index (χ3v) is 7.38. The van der Waals surface area contributed by atoms with Gasteiger partial charge in [0.1, 0.15) is 16.5 Å². The van der Waals surface area contributed by atoms with Gasteiger partial charge in [-0.15, -0.1) is 0 Å². The summed E-state index contributed by atoms with van der Waals surface area (Å²) in [6, 6.07) is 9.35. The number of methoxy groups -OCH3 is 1. The molecular formula is C23H25FN4O5S. The lowest BCUT2D eigenvalue weighted by Gasteiger charge is -2.26. The molecule has 2 aromatic carbocycles. The number of rotatable bonds is 8. The Bertz CT molecular complexity index is 1260. The molecule has 1 amide bonds. The third-order valence-electron chi connectivity index (χ3n) is 5.46. The van der Waals surface area contributed by atoms with Crippen molar-refractivity contribution in [1.29, 1.82) is 0 Å². The number of amides is 1. The predicted octanol–water partition coefficient (Wildman–Crippen LogP) is 1.90. The Balaban J connectivity index is 1.43. The predicted molar refractivity (Wildman–Crippen MR) is 122 cm³/mol. The van der Waals surface area contributed by atoms with Crippen molar-refractivity contribution in [3.8, 4) is 11.4 Å². The maximum atomic E-state index is 14.4. The van der Waals surface area contributed by atoms with Crippen LogP contribution in [0.1, 0.15) is 11.1 Å². The van der Waals surface area contributed by atoms with E-state index < -0.39 is 15.8 Å². The molecule has 3 aromatic rings. The standard InChI is InChI=1S/C23H25FN4O5S/c1-32-21-5-3-17(13-22(21)34(30,31)28-8-10-33-11-9-28)14-23(29)26-15-18-2-4-20(19(24)12-18)27-7-6-25-16-27/h2-7,12-13,16H,8-11,14-15H2,1H3,(H,26,29). The van der Waals surface area contributed by atoms with Crippen molar-refractivity contribution in [2.75, 3.05) is 33.4 Å². The van der Waals surface area contributed by atoms with Crippen LogP contribution in [0.3, 0.4) is 0 Å². The molecule has 1 aliphatic heterocycles. The summed E-state index contributed by atoms with van der Waals surface area (Å²) in [4.78, 5) is 16.4. The molecule has 2 heterocycles. The highest BCUT2D eigenvalue weighted by atomic mass is 32.2. The molecule has 0 saturated carbocycles. The van der Waals surface area contributed by atoms with Gasteiger partial charge >= 0.3 is 0 Å². The molecule has 0 radical (unpaired) electrons. The molecule has 11 heteroatoms. The van der Waals surface area contributed by atoms with Crippen LogP contribution >= 0.6 is 0 Å². The van der Waals surface area contributed by atoms with Crippen LogP contribution in [0.25, 0.3) is 5.69 Å². The quantitative estimate of drug-likeness (QED) is 0.520. The Kier molecular flexibility index (Phi) is 7.25. The number of benzene rings is 2. The molecule has 9 nitrogen and oxygen atoms in total. The van der Waals surface area contributed by atoms with Crippen molar-refractivity contribution in [3.63, 3.8) is 0 Å². The molecule has 0 aliphatic carbocycles. The second kappa shape index (κ2) is 10.3. The highest BCUT2D eigenvalue weighted by molar-refractivity contribution is 7.89. The Morgan fingerprint density at radius 3 is 2.62 bits per heavy atom. The lowest BCUT2D eigenvalue weighted by Crippen LogP contribution is -2.40. The molecule has 0 bridgehead atoms. The molecule has 1 N–H and O–H groups in total. The van der Waals surface area contributed by atoms with E-state index in [1.54, 1.807) is 41.2 Å². The summed E-state index contributed by atoms with van der Waals surface area (Å²) in [6.07, 6.45) is 4.67. The van der Waals surface area contributed by atoms with Gasteiger partial charge < -0.3 is 19.4 Å². The summed E-state index contributed by atoms with van der Waals surface area (Å²) in [5.74, 6) is -0.541. The number of sulfonamides is 1. The fourth-order valence-corrected chi connectivity index (χ4v) is 5.29. The zero-order valence-corrected chi connectivity index (χ0v) is 19.4. The minimum atomic E-state index is -3.80. The molecule has 0 spiro atoms. The molecule has 1 saturated heterocycles.